The fraction of sp³-hybridized carbons (Fsp3) is 0.571. The van der Waals surface area contributed by atoms with Crippen LogP contribution in [0, 0.1) is 5.92 Å². The monoisotopic (exact) mass is 298 g/mol. The molecule has 0 heterocycles. The van der Waals surface area contributed by atoms with Crippen LogP contribution in [0.3, 0.4) is 0 Å². The number of hydrogen-bond acceptors (Lipinski definition) is 4. The zero-order valence-corrected chi connectivity index (χ0v) is 13.0. The molecule has 1 fully saturated rings. The quantitative estimate of drug-likeness (QED) is 0.836. The van der Waals surface area contributed by atoms with Crippen LogP contribution in [0.5, 0.6) is 5.75 Å². The van der Waals surface area contributed by atoms with E-state index in [1.54, 1.807) is 18.2 Å². The van der Waals surface area contributed by atoms with Gasteiger partial charge in [-0.2, -0.15) is 0 Å². The van der Waals surface area contributed by atoms with Crippen molar-refractivity contribution < 1.29 is 13.2 Å². The Morgan fingerprint density at radius 2 is 2.05 bits per heavy atom. The second kappa shape index (κ2) is 5.35. The first-order chi connectivity index (χ1) is 9.30. The van der Waals surface area contributed by atoms with E-state index in [-0.39, 0.29) is 4.90 Å². The van der Waals surface area contributed by atoms with Crippen molar-refractivity contribution in [2.75, 3.05) is 7.11 Å². The molecule has 3 N–H and O–H groups in total. The van der Waals surface area contributed by atoms with Gasteiger partial charge in [-0.1, -0.05) is 6.07 Å². The Morgan fingerprint density at radius 1 is 1.40 bits per heavy atom. The minimum atomic E-state index is -3.63. The summed E-state index contributed by atoms with van der Waals surface area (Å²) < 4.78 is 33.1. The summed E-state index contributed by atoms with van der Waals surface area (Å²) in [6.07, 6.45) is 2.13. The van der Waals surface area contributed by atoms with Crippen LogP contribution in [0.25, 0.3) is 0 Å². The second-order valence-corrected chi connectivity index (χ2v) is 7.44. The van der Waals surface area contributed by atoms with E-state index >= 15 is 0 Å². The van der Waals surface area contributed by atoms with Crippen LogP contribution in [0.15, 0.2) is 23.1 Å². The van der Waals surface area contributed by atoms with Crippen molar-refractivity contribution >= 4 is 10.0 Å². The van der Waals surface area contributed by atoms with Crippen molar-refractivity contribution in [2.45, 2.75) is 43.7 Å². The molecule has 2 rings (SSSR count). The molecule has 0 aromatic heterocycles. The number of nitrogens with two attached hydrogens (primary N) is 1. The molecular formula is C14H22N2O3S. The lowest BCUT2D eigenvalue weighted by Gasteiger charge is -2.26. The molecule has 112 valence electrons. The summed E-state index contributed by atoms with van der Waals surface area (Å²) in [6.45, 7) is 4.13. The van der Waals surface area contributed by atoms with Gasteiger partial charge in [0, 0.05) is 12.1 Å². The zero-order valence-electron chi connectivity index (χ0n) is 12.1. The maximum atomic E-state index is 12.6. The number of methoxy groups -OCH3 is 1. The van der Waals surface area contributed by atoms with Crippen LogP contribution in [-0.4, -0.2) is 21.1 Å². The maximum Gasteiger partial charge on any atom is 0.244 e. The average Bonchev–Trinajstić information content (AvgIpc) is 3.21. The Labute approximate surface area is 120 Å². The lowest BCUT2D eigenvalue weighted by Crippen LogP contribution is -2.45. The van der Waals surface area contributed by atoms with E-state index in [1.807, 2.05) is 13.8 Å². The molecule has 5 nitrogen and oxygen atoms in total. The summed E-state index contributed by atoms with van der Waals surface area (Å²) in [6, 6.07) is 4.98. The highest BCUT2D eigenvalue weighted by Crippen LogP contribution is 2.40. The van der Waals surface area contributed by atoms with Gasteiger partial charge in [0.15, 0.2) is 0 Å². The van der Waals surface area contributed by atoms with Gasteiger partial charge in [0.1, 0.15) is 10.6 Å². The van der Waals surface area contributed by atoms with E-state index in [9.17, 15) is 8.42 Å². The normalized spacial score (nSPS) is 16.2. The van der Waals surface area contributed by atoms with Crippen LogP contribution in [0.1, 0.15) is 32.3 Å². The minimum Gasteiger partial charge on any atom is -0.495 e. The van der Waals surface area contributed by atoms with Gasteiger partial charge in [0.05, 0.1) is 7.11 Å². The first-order valence-corrected chi connectivity index (χ1v) is 8.19. The average molecular weight is 298 g/mol. The van der Waals surface area contributed by atoms with Gasteiger partial charge in [-0.25, -0.2) is 13.1 Å². The number of rotatable bonds is 6. The van der Waals surface area contributed by atoms with E-state index < -0.39 is 15.6 Å². The molecule has 0 radical (unpaired) electrons. The van der Waals surface area contributed by atoms with E-state index in [2.05, 4.69) is 4.72 Å². The fourth-order valence-corrected chi connectivity index (χ4v) is 4.04. The highest BCUT2D eigenvalue weighted by Gasteiger charge is 2.41. The molecular weight excluding hydrogens is 276 g/mol. The summed E-state index contributed by atoms with van der Waals surface area (Å²) in [7, 11) is -2.17. The van der Waals surface area contributed by atoms with Crippen molar-refractivity contribution in [2.24, 2.45) is 11.7 Å². The van der Waals surface area contributed by atoms with Gasteiger partial charge in [-0.3, -0.25) is 0 Å². The molecule has 1 aliphatic rings. The van der Waals surface area contributed by atoms with Crippen molar-refractivity contribution in [3.05, 3.63) is 23.8 Å². The molecule has 0 unspecified atom stereocenters. The first-order valence-electron chi connectivity index (χ1n) is 6.71. The van der Waals surface area contributed by atoms with Crippen molar-refractivity contribution in [3.8, 4) is 5.75 Å². The van der Waals surface area contributed by atoms with Crippen LogP contribution in [0.4, 0.5) is 0 Å². The summed E-state index contributed by atoms with van der Waals surface area (Å²) >= 11 is 0. The van der Waals surface area contributed by atoms with Gasteiger partial charge in [0.25, 0.3) is 0 Å². The molecule has 1 aromatic carbocycles. The van der Waals surface area contributed by atoms with E-state index in [0.29, 0.717) is 18.2 Å². The molecule has 0 aliphatic heterocycles. The van der Waals surface area contributed by atoms with Crippen molar-refractivity contribution in [3.63, 3.8) is 0 Å². The first kappa shape index (κ1) is 15.3. The largest absolute Gasteiger partial charge is 0.495 e. The summed E-state index contributed by atoms with van der Waals surface area (Å²) in [5.41, 5.74) is 5.90. The van der Waals surface area contributed by atoms with Crippen LogP contribution in [-0.2, 0) is 16.6 Å². The smallest absolute Gasteiger partial charge is 0.244 e. The van der Waals surface area contributed by atoms with E-state index in [0.717, 1.165) is 18.4 Å². The molecule has 6 heteroatoms. The minimum absolute atomic E-state index is 0.150. The van der Waals surface area contributed by atoms with Crippen molar-refractivity contribution in [1.82, 2.24) is 4.72 Å². The van der Waals surface area contributed by atoms with Crippen LogP contribution >= 0.6 is 0 Å². The molecule has 0 atom stereocenters. The lowest BCUT2D eigenvalue weighted by atomic mass is 10.0. The van der Waals surface area contributed by atoms with Crippen molar-refractivity contribution in [1.29, 1.82) is 0 Å². The molecule has 0 saturated heterocycles. The Bertz CT molecular complexity index is 592. The molecule has 1 aromatic rings. The summed E-state index contributed by atoms with van der Waals surface area (Å²) in [5.74, 6) is 0.738. The number of hydrogen-bond donors (Lipinski definition) is 2. The lowest BCUT2D eigenvalue weighted by molar-refractivity contribution is 0.389. The summed E-state index contributed by atoms with van der Waals surface area (Å²) in [5, 5.41) is 0. The molecule has 0 bridgehead atoms. The second-order valence-electron chi connectivity index (χ2n) is 5.79. The Morgan fingerprint density at radius 3 is 2.55 bits per heavy atom. The summed E-state index contributed by atoms with van der Waals surface area (Å²) in [4.78, 5) is 0.150. The van der Waals surface area contributed by atoms with Gasteiger partial charge in [-0.05, 0) is 50.3 Å². The standard InChI is InChI=1S/C14H22N2O3S/c1-14(2,11-5-6-11)16-20(17,18)13-8-10(9-15)4-7-12(13)19-3/h4,7-8,11,16H,5-6,9,15H2,1-3H3. The van der Waals surface area contributed by atoms with E-state index in [4.69, 9.17) is 10.5 Å². The molecule has 1 saturated carbocycles. The van der Waals surface area contributed by atoms with Crippen LogP contribution in [0.2, 0.25) is 0 Å². The third-order valence-corrected chi connectivity index (χ3v) is 5.44. The number of benzene rings is 1. The Hall–Kier alpha value is -1.11. The van der Waals surface area contributed by atoms with Gasteiger partial charge >= 0.3 is 0 Å². The topological polar surface area (TPSA) is 81.4 Å². The molecule has 20 heavy (non-hydrogen) atoms. The Balaban J connectivity index is 2.37. The third kappa shape index (κ3) is 3.13. The highest BCUT2D eigenvalue weighted by atomic mass is 32.2. The Kier molecular flexibility index (Phi) is 4.09. The zero-order chi connectivity index (χ0) is 15.0. The van der Waals surface area contributed by atoms with E-state index in [1.165, 1.54) is 7.11 Å². The van der Waals surface area contributed by atoms with Gasteiger partial charge in [-0.15, -0.1) is 0 Å². The number of nitrogens with one attached hydrogen (secondary N) is 1. The molecule has 1 aliphatic carbocycles. The predicted molar refractivity (Wildman–Crippen MR) is 78.0 cm³/mol. The highest BCUT2D eigenvalue weighted by molar-refractivity contribution is 7.89. The number of sulfonamides is 1. The maximum absolute atomic E-state index is 12.6. The van der Waals surface area contributed by atoms with Gasteiger partial charge < -0.3 is 10.5 Å². The van der Waals surface area contributed by atoms with Crippen LogP contribution < -0.4 is 15.2 Å². The SMILES string of the molecule is COc1ccc(CN)cc1S(=O)(=O)NC(C)(C)C1CC1. The fourth-order valence-electron chi connectivity index (χ4n) is 2.35. The number of ether oxygens (including phenoxy) is 1. The third-order valence-electron chi connectivity index (χ3n) is 3.75. The predicted octanol–water partition coefficient (Wildman–Crippen LogP) is 1.62. The molecule has 0 spiro atoms. The molecule has 0 amide bonds. The van der Waals surface area contributed by atoms with Gasteiger partial charge in [0.2, 0.25) is 10.0 Å².